The highest BCUT2D eigenvalue weighted by Crippen LogP contribution is 2.28. The largest absolute Gasteiger partial charge is 0.388 e. The summed E-state index contributed by atoms with van der Waals surface area (Å²) in [6.45, 7) is 5.51. The maximum absolute atomic E-state index is 12.5. The van der Waals surface area contributed by atoms with Crippen LogP contribution >= 0.6 is 0 Å². The second-order valence-electron chi connectivity index (χ2n) is 5.06. The van der Waals surface area contributed by atoms with Gasteiger partial charge in [0.1, 0.15) is 0 Å². The van der Waals surface area contributed by atoms with Crippen molar-refractivity contribution < 1.29 is 13.3 Å². The van der Waals surface area contributed by atoms with Gasteiger partial charge in [-0.25, -0.2) is 13.1 Å². The molecule has 0 heterocycles. The van der Waals surface area contributed by atoms with Crippen molar-refractivity contribution in [1.82, 2.24) is 4.72 Å². The van der Waals surface area contributed by atoms with Gasteiger partial charge in [-0.05, 0) is 31.9 Å². The van der Waals surface area contributed by atoms with Crippen LogP contribution in [-0.2, 0) is 10.0 Å². The lowest BCUT2D eigenvalue weighted by Crippen LogP contribution is -2.44. The Bertz CT molecular complexity index is 624. The number of rotatable bonds is 7. The Kier molecular flexibility index (Phi) is 5.30. The average molecular weight is 315 g/mol. The lowest BCUT2D eigenvalue weighted by molar-refractivity contribution is -0.387. The van der Waals surface area contributed by atoms with Gasteiger partial charge in [-0.1, -0.05) is 13.8 Å². The molecule has 0 aliphatic carbocycles. The van der Waals surface area contributed by atoms with Gasteiger partial charge < -0.3 is 5.32 Å². The molecule has 0 aromatic heterocycles. The molecule has 0 amide bonds. The third-order valence-corrected chi connectivity index (χ3v) is 5.36. The van der Waals surface area contributed by atoms with E-state index in [1.54, 1.807) is 14.0 Å². The van der Waals surface area contributed by atoms with E-state index in [2.05, 4.69) is 10.0 Å². The Morgan fingerprint density at radius 2 is 1.86 bits per heavy atom. The molecule has 0 atom stereocenters. The first-order valence-corrected chi connectivity index (χ1v) is 8.17. The number of hydrogen-bond acceptors (Lipinski definition) is 5. The number of anilines is 1. The van der Waals surface area contributed by atoms with Gasteiger partial charge in [0, 0.05) is 24.3 Å². The SMILES string of the molecule is CCC(C)(CC)NS(=O)(=O)c1ccc(NC)cc1[N+](=O)[O-]. The maximum atomic E-state index is 12.5. The molecule has 2 N–H and O–H groups in total. The summed E-state index contributed by atoms with van der Waals surface area (Å²) in [5.41, 5.74) is -0.590. The van der Waals surface area contributed by atoms with Crippen molar-refractivity contribution in [2.75, 3.05) is 12.4 Å². The Balaban J connectivity index is 3.35. The maximum Gasteiger partial charge on any atom is 0.291 e. The summed E-state index contributed by atoms with van der Waals surface area (Å²) >= 11 is 0. The zero-order valence-electron chi connectivity index (χ0n) is 12.6. The molecule has 0 fully saturated rings. The predicted octanol–water partition coefficient (Wildman–Crippen LogP) is 2.49. The van der Waals surface area contributed by atoms with Gasteiger partial charge in [0.15, 0.2) is 4.90 Å². The van der Waals surface area contributed by atoms with E-state index in [9.17, 15) is 18.5 Å². The molecule has 0 aliphatic rings. The predicted molar refractivity (Wildman–Crippen MR) is 82.0 cm³/mol. The van der Waals surface area contributed by atoms with E-state index in [-0.39, 0.29) is 4.90 Å². The van der Waals surface area contributed by atoms with Crippen LogP contribution in [0.2, 0.25) is 0 Å². The standard InChI is InChI=1S/C13H21N3O4S/c1-5-13(3,6-2)15-21(19,20)12-8-7-10(14-4)9-11(12)16(17)18/h7-9,14-15H,5-6H2,1-4H3. The number of nitro benzene ring substituents is 1. The van der Waals surface area contributed by atoms with Gasteiger partial charge in [0.05, 0.1) is 4.92 Å². The van der Waals surface area contributed by atoms with Crippen molar-refractivity contribution in [3.63, 3.8) is 0 Å². The topological polar surface area (TPSA) is 101 Å². The van der Waals surface area contributed by atoms with E-state index in [4.69, 9.17) is 0 Å². The number of nitrogens with zero attached hydrogens (tertiary/aromatic N) is 1. The molecule has 21 heavy (non-hydrogen) atoms. The van der Waals surface area contributed by atoms with Gasteiger partial charge in [-0.15, -0.1) is 0 Å². The van der Waals surface area contributed by atoms with Crippen LogP contribution < -0.4 is 10.0 Å². The third-order valence-electron chi connectivity index (χ3n) is 3.68. The highest BCUT2D eigenvalue weighted by molar-refractivity contribution is 7.89. The molecule has 0 aliphatic heterocycles. The van der Waals surface area contributed by atoms with Crippen LogP contribution in [0.15, 0.2) is 23.1 Å². The molecule has 0 saturated carbocycles. The summed E-state index contributed by atoms with van der Waals surface area (Å²) in [6, 6.07) is 3.96. The van der Waals surface area contributed by atoms with Crippen LogP contribution in [0.25, 0.3) is 0 Å². The van der Waals surface area contributed by atoms with Gasteiger partial charge in [0.25, 0.3) is 5.69 Å². The number of hydrogen-bond donors (Lipinski definition) is 2. The van der Waals surface area contributed by atoms with Crippen molar-refractivity contribution in [2.24, 2.45) is 0 Å². The van der Waals surface area contributed by atoms with Crippen molar-refractivity contribution >= 4 is 21.4 Å². The van der Waals surface area contributed by atoms with E-state index in [0.29, 0.717) is 18.5 Å². The molecule has 0 bridgehead atoms. The Morgan fingerprint density at radius 3 is 2.29 bits per heavy atom. The van der Waals surface area contributed by atoms with Crippen molar-refractivity contribution in [3.05, 3.63) is 28.3 Å². The van der Waals surface area contributed by atoms with Gasteiger partial charge >= 0.3 is 0 Å². The minimum atomic E-state index is -3.96. The smallest absolute Gasteiger partial charge is 0.291 e. The molecule has 1 aromatic carbocycles. The van der Waals surface area contributed by atoms with Crippen molar-refractivity contribution in [1.29, 1.82) is 0 Å². The molecule has 7 nitrogen and oxygen atoms in total. The quantitative estimate of drug-likeness (QED) is 0.594. The highest BCUT2D eigenvalue weighted by Gasteiger charge is 2.32. The average Bonchev–Trinajstić information content (AvgIpc) is 2.45. The van der Waals surface area contributed by atoms with Gasteiger partial charge in [0.2, 0.25) is 10.0 Å². The van der Waals surface area contributed by atoms with E-state index < -0.39 is 26.2 Å². The highest BCUT2D eigenvalue weighted by atomic mass is 32.2. The van der Waals surface area contributed by atoms with E-state index in [1.807, 2.05) is 13.8 Å². The summed E-state index contributed by atoms with van der Waals surface area (Å²) in [5, 5.41) is 13.9. The lowest BCUT2D eigenvalue weighted by atomic mass is 9.98. The molecule has 8 heteroatoms. The van der Waals surface area contributed by atoms with Crippen LogP contribution in [-0.4, -0.2) is 25.9 Å². The summed E-state index contributed by atoms with van der Waals surface area (Å²) in [4.78, 5) is 10.1. The van der Waals surface area contributed by atoms with Gasteiger partial charge in [-0.3, -0.25) is 10.1 Å². The minimum absolute atomic E-state index is 0.320. The first kappa shape index (κ1) is 17.4. The van der Waals surface area contributed by atoms with Crippen LogP contribution in [0.1, 0.15) is 33.6 Å². The summed E-state index contributed by atoms with van der Waals surface area (Å²) in [6.07, 6.45) is 1.18. The first-order valence-electron chi connectivity index (χ1n) is 6.69. The number of nitrogens with one attached hydrogen (secondary N) is 2. The Labute approximate surface area is 124 Å². The second-order valence-corrected chi connectivity index (χ2v) is 6.71. The third kappa shape index (κ3) is 3.92. The van der Waals surface area contributed by atoms with Crippen molar-refractivity contribution in [2.45, 2.75) is 44.0 Å². The van der Waals surface area contributed by atoms with Crippen LogP contribution in [0.5, 0.6) is 0 Å². The fraction of sp³-hybridized carbons (Fsp3) is 0.538. The Hall–Kier alpha value is -1.67. The van der Waals surface area contributed by atoms with E-state index >= 15 is 0 Å². The molecule has 118 valence electrons. The van der Waals surface area contributed by atoms with Crippen LogP contribution in [0, 0.1) is 10.1 Å². The number of sulfonamides is 1. The zero-order chi connectivity index (χ0) is 16.3. The number of benzene rings is 1. The zero-order valence-corrected chi connectivity index (χ0v) is 13.5. The molecule has 0 spiro atoms. The summed E-state index contributed by atoms with van der Waals surface area (Å²) in [7, 11) is -2.35. The molecule has 0 saturated heterocycles. The second kappa shape index (κ2) is 6.40. The van der Waals surface area contributed by atoms with Crippen LogP contribution in [0.4, 0.5) is 11.4 Å². The first-order chi connectivity index (χ1) is 9.69. The molecular formula is C13H21N3O4S. The van der Waals surface area contributed by atoms with E-state index in [0.717, 1.165) is 0 Å². The van der Waals surface area contributed by atoms with Crippen molar-refractivity contribution in [3.8, 4) is 0 Å². The molecular weight excluding hydrogens is 294 g/mol. The lowest BCUT2D eigenvalue weighted by Gasteiger charge is -2.27. The van der Waals surface area contributed by atoms with Crippen LogP contribution in [0.3, 0.4) is 0 Å². The van der Waals surface area contributed by atoms with E-state index in [1.165, 1.54) is 18.2 Å². The summed E-state index contributed by atoms with van der Waals surface area (Å²) < 4.78 is 27.5. The minimum Gasteiger partial charge on any atom is -0.388 e. The molecule has 0 radical (unpaired) electrons. The Morgan fingerprint density at radius 1 is 1.29 bits per heavy atom. The molecule has 1 aromatic rings. The monoisotopic (exact) mass is 315 g/mol. The molecule has 1 rings (SSSR count). The van der Waals surface area contributed by atoms with Gasteiger partial charge in [-0.2, -0.15) is 0 Å². The number of nitro groups is 1. The fourth-order valence-electron chi connectivity index (χ4n) is 1.82. The summed E-state index contributed by atoms with van der Waals surface area (Å²) in [5.74, 6) is 0. The normalized spacial score (nSPS) is 12.2. The fourth-order valence-corrected chi connectivity index (χ4v) is 3.52. The molecule has 0 unspecified atom stereocenters.